The maximum absolute atomic E-state index is 4.73. The van der Waals surface area contributed by atoms with E-state index in [2.05, 4.69) is 48.7 Å². The zero-order valence-corrected chi connectivity index (χ0v) is 11.9. The number of hydrogen-bond acceptors (Lipinski definition) is 1. The van der Waals surface area contributed by atoms with Crippen LogP contribution in [0.3, 0.4) is 0 Å². The van der Waals surface area contributed by atoms with Crippen LogP contribution in [0.1, 0.15) is 44.1 Å². The predicted octanol–water partition coefficient (Wildman–Crippen LogP) is 4.97. The van der Waals surface area contributed by atoms with Gasteiger partial charge in [-0.3, -0.25) is 4.98 Å². The lowest BCUT2D eigenvalue weighted by atomic mass is 9.58. The van der Waals surface area contributed by atoms with E-state index in [-0.39, 0.29) is 0 Å². The molecule has 3 aliphatic carbocycles. The molecule has 0 saturated heterocycles. The summed E-state index contributed by atoms with van der Waals surface area (Å²) in [6.45, 7) is 0. The molecular weight excluding hydrogens is 242 g/mol. The topological polar surface area (TPSA) is 12.9 Å². The maximum atomic E-state index is 4.73. The van der Waals surface area contributed by atoms with Gasteiger partial charge in [-0.1, -0.05) is 36.4 Å². The van der Waals surface area contributed by atoms with Crippen LogP contribution in [0.5, 0.6) is 0 Å². The molecule has 3 aliphatic rings. The molecule has 1 heterocycles. The first kappa shape index (κ1) is 12.1. The molecule has 102 valence electrons. The van der Waals surface area contributed by atoms with E-state index in [1.165, 1.54) is 49.7 Å². The molecule has 0 amide bonds. The Morgan fingerprint density at radius 1 is 0.850 bits per heavy atom. The zero-order valence-electron chi connectivity index (χ0n) is 11.9. The van der Waals surface area contributed by atoms with E-state index in [1.807, 2.05) is 0 Å². The highest BCUT2D eigenvalue weighted by atomic mass is 14.7. The molecule has 3 fully saturated rings. The second-order valence-electron chi connectivity index (χ2n) is 6.56. The molecule has 1 aromatic heterocycles. The van der Waals surface area contributed by atoms with Gasteiger partial charge in [0.15, 0.2) is 0 Å². The molecule has 1 aromatic carbocycles. The molecule has 0 spiro atoms. The molecule has 1 nitrogen and oxygen atoms in total. The highest BCUT2D eigenvalue weighted by Gasteiger charge is 2.41. The van der Waals surface area contributed by atoms with Crippen molar-refractivity contribution in [2.45, 2.75) is 43.9 Å². The van der Waals surface area contributed by atoms with Gasteiger partial charge < -0.3 is 0 Å². The van der Waals surface area contributed by atoms with Crippen molar-refractivity contribution in [3.05, 3.63) is 54.2 Å². The van der Waals surface area contributed by atoms with Crippen LogP contribution in [0.25, 0.3) is 11.3 Å². The van der Waals surface area contributed by atoms with Crippen molar-refractivity contribution in [3.63, 3.8) is 0 Å². The summed E-state index contributed by atoms with van der Waals surface area (Å²) in [4.78, 5) is 4.73. The van der Waals surface area contributed by atoms with E-state index in [9.17, 15) is 0 Å². The van der Waals surface area contributed by atoms with E-state index in [1.54, 1.807) is 0 Å². The highest BCUT2D eigenvalue weighted by Crippen LogP contribution is 2.51. The number of aromatic nitrogens is 1. The number of fused-ring (bicyclic) bond motifs is 3. The van der Waals surface area contributed by atoms with Crippen LogP contribution in [-0.2, 0) is 5.41 Å². The fraction of sp³-hybridized carbons (Fsp3) is 0.421. The SMILES string of the molecule is c1ccc(-c2ccc(C34CCC(CC3)CC4)cn2)cc1. The third kappa shape index (κ3) is 1.96. The summed E-state index contributed by atoms with van der Waals surface area (Å²) in [7, 11) is 0. The lowest BCUT2D eigenvalue weighted by Crippen LogP contribution is -2.37. The third-order valence-electron chi connectivity index (χ3n) is 5.54. The molecule has 3 saturated carbocycles. The van der Waals surface area contributed by atoms with Gasteiger partial charge in [0.25, 0.3) is 0 Å². The quantitative estimate of drug-likeness (QED) is 0.745. The van der Waals surface area contributed by atoms with Crippen molar-refractivity contribution >= 4 is 0 Å². The fourth-order valence-electron chi connectivity index (χ4n) is 4.17. The van der Waals surface area contributed by atoms with E-state index in [0.29, 0.717) is 5.41 Å². The summed E-state index contributed by atoms with van der Waals surface area (Å²) in [5.41, 5.74) is 4.24. The van der Waals surface area contributed by atoms with Crippen molar-refractivity contribution < 1.29 is 0 Å². The van der Waals surface area contributed by atoms with E-state index in [4.69, 9.17) is 4.98 Å². The number of pyridine rings is 1. The van der Waals surface area contributed by atoms with Crippen LogP contribution in [-0.4, -0.2) is 4.98 Å². The normalized spacial score (nSPS) is 28.5. The highest BCUT2D eigenvalue weighted by molar-refractivity contribution is 5.58. The lowest BCUT2D eigenvalue weighted by molar-refractivity contribution is 0.135. The second-order valence-corrected chi connectivity index (χ2v) is 6.56. The number of hydrogen-bond donors (Lipinski definition) is 0. The minimum absolute atomic E-state index is 0.455. The van der Waals surface area contributed by atoms with Gasteiger partial charge >= 0.3 is 0 Å². The van der Waals surface area contributed by atoms with E-state index < -0.39 is 0 Å². The summed E-state index contributed by atoms with van der Waals surface area (Å²) in [5, 5.41) is 0. The van der Waals surface area contributed by atoms with E-state index >= 15 is 0 Å². The number of rotatable bonds is 2. The molecule has 2 aromatic rings. The Morgan fingerprint density at radius 3 is 2.15 bits per heavy atom. The average Bonchev–Trinajstić information content (AvgIpc) is 2.58. The van der Waals surface area contributed by atoms with Crippen molar-refractivity contribution in [3.8, 4) is 11.3 Å². The van der Waals surface area contributed by atoms with Crippen LogP contribution in [0.15, 0.2) is 48.7 Å². The minimum Gasteiger partial charge on any atom is -0.256 e. The fourth-order valence-corrected chi connectivity index (χ4v) is 4.17. The van der Waals surface area contributed by atoms with Gasteiger partial charge in [-0.15, -0.1) is 0 Å². The first-order valence-electron chi connectivity index (χ1n) is 7.88. The monoisotopic (exact) mass is 263 g/mol. The molecule has 2 bridgehead atoms. The van der Waals surface area contributed by atoms with Crippen molar-refractivity contribution in [2.75, 3.05) is 0 Å². The zero-order chi connectivity index (χ0) is 13.4. The van der Waals surface area contributed by atoms with Gasteiger partial charge in [0, 0.05) is 11.8 Å². The van der Waals surface area contributed by atoms with E-state index in [0.717, 1.165) is 11.6 Å². The molecule has 0 atom stereocenters. The van der Waals surface area contributed by atoms with Crippen molar-refractivity contribution in [1.29, 1.82) is 0 Å². The summed E-state index contributed by atoms with van der Waals surface area (Å²) in [6.07, 6.45) is 10.6. The maximum Gasteiger partial charge on any atom is 0.0702 e. The summed E-state index contributed by atoms with van der Waals surface area (Å²) in [5.74, 6) is 1.02. The Balaban J connectivity index is 1.64. The summed E-state index contributed by atoms with van der Waals surface area (Å²) < 4.78 is 0. The van der Waals surface area contributed by atoms with Crippen molar-refractivity contribution in [2.24, 2.45) is 5.92 Å². The van der Waals surface area contributed by atoms with Crippen LogP contribution >= 0.6 is 0 Å². The third-order valence-corrected chi connectivity index (χ3v) is 5.54. The predicted molar refractivity (Wildman–Crippen MR) is 82.5 cm³/mol. The van der Waals surface area contributed by atoms with Gasteiger partial charge in [0.05, 0.1) is 5.69 Å². The molecule has 0 aliphatic heterocycles. The second kappa shape index (κ2) is 4.73. The van der Waals surface area contributed by atoms with Gasteiger partial charge in [-0.25, -0.2) is 0 Å². The summed E-state index contributed by atoms with van der Waals surface area (Å²) >= 11 is 0. The van der Waals surface area contributed by atoms with Crippen LogP contribution in [0.2, 0.25) is 0 Å². The molecule has 1 heteroatoms. The smallest absolute Gasteiger partial charge is 0.0702 e. The van der Waals surface area contributed by atoms with Gasteiger partial charge in [0.2, 0.25) is 0 Å². The molecular formula is C19H21N. The molecule has 0 N–H and O–H groups in total. The van der Waals surface area contributed by atoms with Gasteiger partial charge in [-0.2, -0.15) is 0 Å². The first-order chi connectivity index (χ1) is 9.86. The largest absolute Gasteiger partial charge is 0.256 e. The minimum atomic E-state index is 0.455. The Hall–Kier alpha value is -1.63. The Kier molecular flexibility index (Phi) is 2.87. The van der Waals surface area contributed by atoms with Crippen LogP contribution in [0.4, 0.5) is 0 Å². The Labute approximate surface area is 121 Å². The Bertz CT molecular complexity index is 563. The van der Waals surface area contributed by atoms with Gasteiger partial charge in [-0.05, 0) is 61.5 Å². The molecule has 0 unspecified atom stereocenters. The molecule has 0 radical (unpaired) electrons. The van der Waals surface area contributed by atoms with Crippen LogP contribution < -0.4 is 0 Å². The number of nitrogens with zero attached hydrogens (tertiary/aromatic N) is 1. The Morgan fingerprint density at radius 2 is 1.55 bits per heavy atom. The summed E-state index contributed by atoms with van der Waals surface area (Å²) in [6, 6.07) is 15.0. The van der Waals surface area contributed by atoms with Gasteiger partial charge in [0.1, 0.15) is 0 Å². The molecule has 5 rings (SSSR count). The van der Waals surface area contributed by atoms with Crippen molar-refractivity contribution in [1.82, 2.24) is 4.98 Å². The first-order valence-corrected chi connectivity index (χ1v) is 7.88. The standard InChI is InChI=1S/C19H21N/c1-2-4-16(5-3-1)18-7-6-17(14-20-18)19-11-8-15(9-12-19)10-13-19/h1-7,14-15H,8-13H2. The lowest BCUT2D eigenvalue weighted by Gasteiger charge is -2.46. The molecule has 20 heavy (non-hydrogen) atoms. The number of benzene rings is 1. The average molecular weight is 263 g/mol. The van der Waals surface area contributed by atoms with Crippen LogP contribution in [0, 0.1) is 5.92 Å².